The minimum atomic E-state index is -0.467. The maximum atomic E-state index is 12.5. The molecule has 0 spiro atoms. The number of nitrogens with zero attached hydrogens (tertiary/aromatic N) is 3. The summed E-state index contributed by atoms with van der Waals surface area (Å²) in [6.07, 6.45) is 0. The number of benzene rings is 2. The van der Waals surface area contributed by atoms with Gasteiger partial charge in [0.2, 0.25) is 5.91 Å². The number of nitro benzene ring substituents is 1. The van der Waals surface area contributed by atoms with Crippen LogP contribution in [0.1, 0.15) is 16.7 Å². The van der Waals surface area contributed by atoms with Gasteiger partial charge in [0.05, 0.1) is 11.5 Å². The van der Waals surface area contributed by atoms with Crippen LogP contribution in [-0.4, -0.2) is 48.5 Å². The first-order valence-corrected chi connectivity index (χ1v) is 9.44. The average Bonchev–Trinajstić information content (AvgIpc) is 2.66. The van der Waals surface area contributed by atoms with Gasteiger partial charge in [-0.05, 0) is 43.5 Å². The number of rotatable bonds is 5. The van der Waals surface area contributed by atoms with Gasteiger partial charge in [-0.3, -0.25) is 19.8 Å². The van der Waals surface area contributed by atoms with E-state index < -0.39 is 4.92 Å². The van der Waals surface area contributed by atoms with Crippen LogP contribution in [0.15, 0.2) is 36.4 Å². The summed E-state index contributed by atoms with van der Waals surface area (Å²) < 4.78 is 0. The molecule has 7 nitrogen and oxygen atoms in total. The monoisotopic (exact) mass is 382 g/mol. The van der Waals surface area contributed by atoms with Crippen LogP contribution in [0.5, 0.6) is 0 Å². The zero-order valence-corrected chi connectivity index (χ0v) is 16.6. The van der Waals surface area contributed by atoms with E-state index in [2.05, 4.69) is 47.2 Å². The molecule has 2 aromatic carbocycles. The van der Waals surface area contributed by atoms with Gasteiger partial charge in [0.1, 0.15) is 5.69 Å². The Morgan fingerprint density at radius 1 is 1.04 bits per heavy atom. The van der Waals surface area contributed by atoms with E-state index in [4.69, 9.17) is 0 Å². The molecule has 2 aromatic rings. The van der Waals surface area contributed by atoms with Crippen molar-refractivity contribution in [2.24, 2.45) is 0 Å². The van der Waals surface area contributed by atoms with E-state index >= 15 is 0 Å². The molecule has 0 saturated carbocycles. The van der Waals surface area contributed by atoms with E-state index in [9.17, 15) is 14.9 Å². The number of aryl methyl sites for hydroxylation is 2. The highest BCUT2D eigenvalue weighted by atomic mass is 16.6. The predicted octanol–water partition coefficient (Wildman–Crippen LogP) is 3.28. The Kier molecular flexibility index (Phi) is 5.94. The third-order valence-corrected chi connectivity index (χ3v) is 5.37. The number of nitro groups is 1. The molecule has 1 N–H and O–H groups in total. The molecule has 0 unspecified atom stereocenters. The van der Waals surface area contributed by atoms with Crippen LogP contribution in [-0.2, 0) is 4.79 Å². The molecule has 28 heavy (non-hydrogen) atoms. The Labute approximate surface area is 165 Å². The highest BCUT2D eigenvalue weighted by molar-refractivity contribution is 5.95. The maximum absolute atomic E-state index is 12.5. The van der Waals surface area contributed by atoms with Crippen molar-refractivity contribution >= 4 is 23.0 Å². The first kappa shape index (κ1) is 19.8. The summed E-state index contributed by atoms with van der Waals surface area (Å²) in [6, 6.07) is 11.1. The molecule has 0 aliphatic carbocycles. The molecule has 1 heterocycles. The third kappa shape index (κ3) is 4.31. The number of nitrogens with one attached hydrogen (secondary N) is 1. The molecule has 0 aromatic heterocycles. The fraction of sp³-hybridized carbons (Fsp3) is 0.381. The molecular formula is C21H26N4O3. The lowest BCUT2D eigenvalue weighted by molar-refractivity contribution is -0.384. The predicted molar refractivity (Wildman–Crippen MR) is 111 cm³/mol. The number of para-hydroxylation sites is 1. The van der Waals surface area contributed by atoms with Crippen LogP contribution in [0.2, 0.25) is 0 Å². The molecule has 0 radical (unpaired) electrons. The fourth-order valence-electron chi connectivity index (χ4n) is 3.57. The lowest BCUT2D eigenvalue weighted by Gasteiger charge is -2.36. The van der Waals surface area contributed by atoms with E-state index in [1.807, 2.05) is 0 Å². The molecule has 0 bridgehead atoms. The van der Waals surface area contributed by atoms with Gasteiger partial charge in [-0.2, -0.15) is 0 Å². The maximum Gasteiger partial charge on any atom is 0.293 e. The van der Waals surface area contributed by atoms with Crippen LogP contribution in [0.3, 0.4) is 0 Å². The number of hydrogen-bond acceptors (Lipinski definition) is 5. The molecule has 7 heteroatoms. The Hall–Kier alpha value is -2.93. The van der Waals surface area contributed by atoms with Crippen molar-refractivity contribution in [3.8, 4) is 0 Å². The van der Waals surface area contributed by atoms with Gasteiger partial charge in [0, 0.05) is 37.9 Å². The zero-order chi connectivity index (χ0) is 20.3. The molecule has 1 aliphatic heterocycles. The van der Waals surface area contributed by atoms with Crippen LogP contribution in [0.25, 0.3) is 0 Å². The minimum absolute atomic E-state index is 0.0758. The van der Waals surface area contributed by atoms with Gasteiger partial charge in [-0.1, -0.05) is 24.3 Å². The topological polar surface area (TPSA) is 78.7 Å². The van der Waals surface area contributed by atoms with E-state index in [1.54, 1.807) is 19.1 Å². The van der Waals surface area contributed by atoms with Gasteiger partial charge in [0.25, 0.3) is 5.69 Å². The summed E-state index contributed by atoms with van der Waals surface area (Å²) in [5.74, 6) is -0.224. The standard InChI is InChI=1S/C21H26N4O3/c1-15-6-4-8-18(17(15)3)24-12-10-23(11-13-24)14-20(26)22-21-16(2)7-5-9-19(21)25(27)28/h4-9H,10-14H2,1-3H3,(H,22,26). The molecular weight excluding hydrogens is 356 g/mol. The van der Waals surface area contributed by atoms with Crippen molar-refractivity contribution in [1.29, 1.82) is 0 Å². The Morgan fingerprint density at radius 2 is 1.68 bits per heavy atom. The van der Waals surface area contributed by atoms with Crippen molar-refractivity contribution in [1.82, 2.24) is 4.90 Å². The largest absolute Gasteiger partial charge is 0.369 e. The van der Waals surface area contributed by atoms with Crippen molar-refractivity contribution < 1.29 is 9.72 Å². The lowest BCUT2D eigenvalue weighted by atomic mass is 10.1. The van der Waals surface area contributed by atoms with Crippen LogP contribution < -0.4 is 10.2 Å². The molecule has 1 saturated heterocycles. The molecule has 1 amide bonds. The van der Waals surface area contributed by atoms with Gasteiger partial charge >= 0.3 is 0 Å². The van der Waals surface area contributed by atoms with Crippen molar-refractivity contribution in [2.75, 3.05) is 42.9 Å². The smallest absolute Gasteiger partial charge is 0.293 e. The van der Waals surface area contributed by atoms with Gasteiger partial charge in [0.15, 0.2) is 0 Å². The van der Waals surface area contributed by atoms with Gasteiger partial charge in [-0.15, -0.1) is 0 Å². The number of amides is 1. The molecule has 1 aliphatic rings. The number of piperazine rings is 1. The summed E-state index contributed by atoms with van der Waals surface area (Å²) in [6.45, 7) is 9.49. The molecule has 3 rings (SSSR count). The first-order chi connectivity index (χ1) is 13.4. The Bertz CT molecular complexity index is 889. The SMILES string of the molecule is Cc1cccc(N2CCN(CC(=O)Nc3c(C)cccc3[N+](=O)[O-])CC2)c1C. The normalized spacial score (nSPS) is 14.8. The number of anilines is 2. The quantitative estimate of drug-likeness (QED) is 0.634. The summed E-state index contributed by atoms with van der Waals surface area (Å²) in [5, 5.41) is 13.9. The van der Waals surface area contributed by atoms with Crippen LogP contribution >= 0.6 is 0 Å². The summed E-state index contributed by atoms with van der Waals surface area (Å²) >= 11 is 0. The third-order valence-electron chi connectivity index (χ3n) is 5.37. The van der Waals surface area contributed by atoms with E-state index in [0.717, 1.165) is 26.2 Å². The van der Waals surface area contributed by atoms with E-state index in [1.165, 1.54) is 22.9 Å². The molecule has 148 valence electrons. The molecule has 1 fully saturated rings. The zero-order valence-electron chi connectivity index (χ0n) is 16.6. The molecule has 0 atom stereocenters. The highest BCUT2D eigenvalue weighted by Gasteiger charge is 2.22. The second-order valence-corrected chi connectivity index (χ2v) is 7.26. The Morgan fingerprint density at radius 3 is 2.36 bits per heavy atom. The van der Waals surface area contributed by atoms with E-state index in [-0.39, 0.29) is 23.8 Å². The van der Waals surface area contributed by atoms with Crippen molar-refractivity contribution in [2.45, 2.75) is 20.8 Å². The number of carbonyl (C=O) groups is 1. The second-order valence-electron chi connectivity index (χ2n) is 7.26. The average molecular weight is 382 g/mol. The minimum Gasteiger partial charge on any atom is -0.369 e. The fourth-order valence-corrected chi connectivity index (χ4v) is 3.57. The second kappa shape index (κ2) is 8.39. The lowest BCUT2D eigenvalue weighted by Crippen LogP contribution is -2.48. The van der Waals surface area contributed by atoms with E-state index in [0.29, 0.717) is 5.56 Å². The van der Waals surface area contributed by atoms with Crippen LogP contribution in [0.4, 0.5) is 17.1 Å². The highest BCUT2D eigenvalue weighted by Crippen LogP contribution is 2.28. The van der Waals surface area contributed by atoms with Crippen molar-refractivity contribution in [3.05, 3.63) is 63.2 Å². The first-order valence-electron chi connectivity index (χ1n) is 9.44. The summed E-state index contributed by atoms with van der Waals surface area (Å²) in [7, 11) is 0. The number of hydrogen-bond donors (Lipinski definition) is 1. The summed E-state index contributed by atoms with van der Waals surface area (Å²) in [4.78, 5) is 27.6. The van der Waals surface area contributed by atoms with Gasteiger partial charge < -0.3 is 10.2 Å². The van der Waals surface area contributed by atoms with Gasteiger partial charge in [-0.25, -0.2) is 0 Å². The van der Waals surface area contributed by atoms with Crippen LogP contribution in [0, 0.1) is 30.9 Å². The van der Waals surface area contributed by atoms with Crippen molar-refractivity contribution in [3.63, 3.8) is 0 Å². The number of carbonyl (C=O) groups excluding carboxylic acids is 1. The summed E-state index contributed by atoms with van der Waals surface area (Å²) in [5.41, 5.74) is 4.71. The Balaban J connectivity index is 1.59.